The van der Waals surface area contributed by atoms with Crippen molar-refractivity contribution in [3.05, 3.63) is 199 Å². The number of rotatable bonds is 6. The number of anilines is 3. The van der Waals surface area contributed by atoms with E-state index in [0.29, 0.717) is 51.3 Å². The summed E-state index contributed by atoms with van der Waals surface area (Å²) in [5.41, 5.74) is 3.89. The lowest BCUT2D eigenvalue weighted by molar-refractivity contribution is 0.816. The fourth-order valence-electron chi connectivity index (χ4n) is 9.24. The molecule has 10 aliphatic heterocycles. The van der Waals surface area contributed by atoms with Gasteiger partial charge in [-0.15, -0.1) is 0 Å². The van der Waals surface area contributed by atoms with E-state index in [0.717, 1.165) is 0 Å². The summed E-state index contributed by atoms with van der Waals surface area (Å²) < 4.78 is 0. The molecule has 10 aliphatic rings. The highest BCUT2D eigenvalue weighted by Gasteiger charge is 2.45. The van der Waals surface area contributed by atoms with E-state index in [9.17, 15) is 0 Å². The molecule has 10 heterocycles. The minimum atomic E-state index is 0.0860. The number of para-hydroxylation sites is 3. The quantitative estimate of drug-likeness (QED) is 0.187. The van der Waals surface area contributed by atoms with Crippen LogP contribution in [0.3, 0.4) is 0 Å². The molecule has 0 amide bonds. The lowest BCUT2D eigenvalue weighted by Crippen LogP contribution is -2.56. The summed E-state index contributed by atoms with van der Waals surface area (Å²) in [5.74, 6) is 2.87. The third-order valence-electron chi connectivity index (χ3n) is 12.8. The highest BCUT2D eigenvalue weighted by atomic mass is 15.6. The molecule has 24 heteroatoms. The summed E-state index contributed by atoms with van der Waals surface area (Å²) in [5, 5.41) is 0. The normalized spacial score (nSPS) is 19.2. The number of hydrogen-bond donors (Lipinski definition) is 0. The summed E-state index contributed by atoms with van der Waals surface area (Å²) >= 11 is 0. The third-order valence-corrected chi connectivity index (χ3v) is 12.8. The molecular weight excluding hydrogens is 985 g/mol. The van der Waals surface area contributed by atoms with Gasteiger partial charge in [0.2, 0.25) is 89.4 Å². The highest BCUT2D eigenvalue weighted by Crippen LogP contribution is 2.32. The van der Waals surface area contributed by atoms with Gasteiger partial charge in [0.05, 0.1) is 17.1 Å². The van der Waals surface area contributed by atoms with Gasteiger partial charge in [-0.3, -0.25) is 0 Å². The molecular formula is C54H30N24. The average molecular weight is 1020 g/mol. The Hall–Kier alpha value is -11.8. The number of aliphatic imine (C=N–C) groups is 18. The summed E-state index contributed by atoms with van der Waals surface area (Å²) in [6.07, 6.45) is 0. The van der Waals surface area contributed by atoms with Gasteiger partial charge in [0.1, 0.15) is 0 Å². The Kier molecular flexibility index (Phi) is 9.22. The van der Waals surface area contributed by atoms with Gasteiger partial charge in [0.25, 0.3) is 0 Å². The molecule has 0 aromatic heterocycles. The van der Waals surface area contributed by atoms with Gasteiger partial charge in [-0.2, -0.15) is 89.9 Å². The second-order valence-electron chi connectivity index (χ2n) is 17.6. The van der Waals surface area contributed by atoms with Crippen molar-refractivity contribution >= 4 is 124 Å². The van der Waals surface area contributed by atoms with E-state index in [-0.39, 0.29) is 89.4 Å². The highest BCUT2D eigenvalue weighted by molar-refractivity contribution is 6.42. The van der Waals surface area contributed by atoms with Crippen molar-refractivity contribution in [1.29, 1.82) is 0 Å². The van der Waals surface area contributed by atoms with Crippen molar-refractivity contribution in [3.63, 3.8) is 0 Å². The fraction of sp³-hybridized carbons (Fsp3) is 0. The van der Waals surface area contributed by atoms with Gasteiger partial charge in [-0.1, -0.05) is 146 Å². The van der Waals surface area contributed by atoms with Gasteiger partial charge in [-0.05, 0) is 36.4 Å². The molecule has 0 fully saturated rings. The van der Waals surface area contributed by atoms with Crippen LogP contribution in [0.4, 0.5) is 17.1 Å². The summed E-state index contributed by atoms with van der Waals surface area (Å²) in [7, 11) is 0. The van der Waals surface area contributed by atoms with Crippen LogP contribution in [-0.2, 0) is 0 Å². The van der Waals surface area contributed by atoms with E-state index < -0.39 is 0 Å². The van der Waals surface area contributed by atoms with E-state index in [1.165, 1.54) is 0 Å². The Bertz CT molecular complexity index is 3870. The van der Waals surface area contributed by atoms with Crippen LogP contribution in [-0.4, -0.2) is 122 Å². The number of guanidine groups is 15. The number of amidine groups is 3. The van der Waals surface area contributed by atoms with Crippen LogP contribution >= 0.6 is 0 Å². The van der Waals surface area contributed by atoms with Crippen LogP contribution < -0.4 is 14.7 Å². The van der Waals surface area contributed by atoms with Crippen LogP contribution in [0.2, 0.25) is 0 Å². The predicted octanol–water partition coefficient (Wildman–Crippen LogP) is 6.23. The first-order valence-corrected chi connectivity index (χ1v) is 24.3. The van der Waals surface area contributed by atoms with Crippen molar-refractivity contribution < 1.29 is 0 Å². The molecule has 0 radical (unpaired) electrons. The largest absolute Gasteiger partial charge is 0.246 e. The SMILES string of the molecule is c1ccc(C2=NC3=NC4=NC5=NC(=NC(=N2)N35)N(c2ccccc2)C2=NC3=NC(c5ccccc5)=NC5=NC(=NC(=N2)N35)N(c2ccccc2)C2=NC3=NC(=NC5=NC(c6ccccc6)=NC(=N2)N53)N4c2ccccc2)cc1. The lowest BCUT2D eigenvalue weighted by Gasteiger charge is -2.37. The summed E-state index contributed by atoms with van der Waals surface area (Å²) in [6.45, 7) is 0. The van der Waals surface area contributed by atoms with Gasteiger partial charge in [0, 0.05) is 16.7 Å². The molecule has 0 atom stereocenters. The van der Waals surface area contributed by atoms with E-state index >= 15 is 0 Å². The van der Waals surface area contributed by atoms with Crippen molar-refractivity contribution in [1.82, 2.24) is 14.7 Å². The van der Waals surface area contributed by atoms with Crippen LogP contribution in [0, 0.1) is 0 Å². The second-order valence-corrected chi connectivity index (χ2v) is 17.6. The maximum absolute atomic E-state index is 5.20. The van der Waals surface area contributed by atoms with Crippen LogP contribution in [0.5, 0.6) is 0 Å². The maximum atomic E-state index is 5.20. The Morgan fingerprint density at radius 1 is 0.154 bits per heavy atom. The second kappa shape index (κ2) is 16.9. The van der Waals surface area contributed by atoms with E-state index in [1.54, 1.807) is 29.4 Å². The summed E-state index contributed by atoms with van der Waals surface area (Å²) in [4.78, 5) is 102. The summed E-state index contributed by atoms with van der Waals surface area (Å²) in [6, 6.07) is 57.1. The number of benzene rings is 6. The van der Waals surface area contributed by atoms with E-state index in [2.05, 4.69) is 0 Å². The Balaban J connectivity index is 1.01. The van der Waals surface area contributed by atoms with Gasteiger partial charge < -0.3 is 0 Å². The molecule has 0 N–H and O–H groups in total. The minimum Gasteiger partial charge on any atom is -0.246 e. The molecule has 0 saturated carbocycles. The minimum absolute atomic E-state index is 0.0860. The smallest absolute Gasteiger partial charge is 0.246 e. The standard InChI is InChI=1S/C54H30N24/c1-7-19-31(20-8-1)37-55-40-61-46-67-52-68-47(62-41(56-37)76(40)52)74(35-27-15-5-16-28-35)49-64-43-58-39(33-23-11-3-12-24-33)60-45-66-51(72-54(70-49)78(43)45)75(36-29-17-6-18-30-36)50-65-44-59-38(32-21-9-2-10-22-32)57-42-63-48(69-53(71-50)77(42)44)73(46)34-25-13-4-14-26-34/h1-30H. The monoisotopic (exact) mass is 1010 g/mol. The lowest BCUT2D eigenvalue weighted by atomic mass is 10.2. The number of hydrogen-bond acceptors (Lipinski definition) is 24. The van der Waals surface area contributed by atoms with Crippen LogP contribution in [0.25, 0.3) is 0 Å². The first-order chi connectivity index (χ1) is 38.6. The molecule has 6 aromatic rings. The van der Waals surface area contributed by atoms with Crippen molar-refractivity contribution in [2.24, 2.45) is 89.9 Å². The predicted molar refractivity (Wildman–Crippen MR) is 303 cm³/mol. The Labute approximate surface area is 440 Å². The molecule has 0 saturated heterocycles. The zero-order valence-electron chi connectivity index (χ0n) is 40.1. The Morgan fingerprint density at radius 2 is 0.321 bits per heavy atom. The van der Waals surface area contributed by atoms with Crippen molar-refractivity contribution in [3.8, 4) is 0 Å². The van der Waals surface area contributed by atoms with E-state index in [1.807, 2.05) is 182 Å². The Morgan fingerprint density at radius 3 is 0.538 bits per heavy atom. The number of nitrogens with zero attached hydrogens (tertiary/aromatic N) is 24. The molecule has 366 valence electrons. The van der Waals surface area contributed by atoms with Gasteiger partial charge in [-0.25, -0.2) is 29.4 Å². The van der Waals surface area contributed by atoms with Gasteiger partial charge >= 0.3 is 0 Å². The fourth-order valence-corrected chi connectivity index (χ4v) is 9.24. The zero-order chi connectivity index (χ0) is 51.3. The van der Waals surface area contributed by atoms with E-state index in [4.69, 9.17) is 89.9 Å². The topological polar surface area (TPSA) is 242 Å². The zero-order valence-corrected chi connectivity index (χ0v) is 40.1. The molecule has 0 unspecified atom stereocenters. The average Bonchev–Trinajstić information content (AvgIpc) is 3.67. The van der Waals surface area contributed by atoms with Crippen LogP contribution in [0.15, 0.2) is 272 Å². The molecule has 24 nitrogen and oxygen atoms in total. The molecule has 9 bridgehead atoms. The molecule has 6 aromatic carbocycles. The molecule has 16 rings (SSSR count). The maximum Gasteiger partial charge on any atom is 0.246 e. The first-order valence-electron chi connectivity index (χ1n) is 24.3. The molecule has 78 heavy (non-hydrogen) atoms. The molecule has 0 spiro atoms. The molecule has 0 aliphatic carbocycles. The first kappa shape index (κ1) is 42.7. The van der Waals surface area contributed by atoms with Crippen LogP contribution in [0.1, 0.15) is 16.7 Å². The van der Waals surface area contributed by atoms with Crippen molar-refractivity contribution in [2.45, 2.75) is 0 Å². The number of fused-ring (bicyclic) bond motifs is 3. The third kappa shape index (κ3) is 6.94. The van der Waals surface area contributed by atoms with Crippen molar-refractivity contribution in [2.75, 3.05) is 14.7 Å². The van der Waals surface area contributed by atoms with Gasteiger partial charge in [0.15, 0.2) is 17.5 Å².